The van der Waals surface area contributed by atoms with E-state index in [4.69, 9.17) is 0 Å². The summed E-state index contributed by atoms with van der Waals surface area (Å²) in [4.78, 5) is 4.12. The second-order valence-corrected chi connectivity index (χ2v) is 5.71. The predicted octanol–water partition coefficient (Wildman–Crippen LogP) is 3.05. The topological polar surface area (TPSA) is 25.8 Å². The highest BCUT2D eigenvalue weighted by atomic mass is 127. The van der Waals surface area contributed by atoms with Crippen LogP contribution >= 0.6 is 34.1 Å². The molecule has 1 atom stereocenters. The van der Waals surface area contributed by atoms with Crippen LogP contribution in [-0.4, -0.2) is 15.3 Å². The quantitative estimate of drug-likeness (QED) is 0.744. The lowest BCUT2D eigenvalue weighted by Crippen LogP contribution is -2.09. The number of halogens is 3. The molecule has 1 heterocycles. The fourth-order valence-corrected chi connectivity index (χ4v) is 2.59. The van der Waals surface area contributed by atoms with E-state index in [9.17, 15) is 8.78 Å². The summed E-state index contributed by atoms with van der Waals surface area (Å²) in [5.74, 6) is -2.03. The van der Waals surface area contributed by atoms with Gasteiger partial charge in [0.05, 0.1) is 0 Å². The first-order chi connectivity index (χ1) is 6.07. The van der Waals surface area contributed by atoms with E-state index in [1.54, 1.807) is 0 Å². The average molecular weight is 316 g/mol. The minimum atomic E-state index is -2.50. The van der Waals surface area contributed by atoms with Crippen molar-refractivity contribution in [3.05, 3.63) is 8.84 Å². The normalized spacial score (nSPS) is 26.5. The molecular formula is C7H7F2IN2S. The molecule has 2 rings (SSSR count). The molecule has 1 aromatic heterocycles. The number of nitrogens with zero attached hydrogens (tertiary/aromatic N) is 2. The molecule has 13 heavy (non-hydrogen) atoms. The molecule has 72 valence electrons. The zero-order valence-corrected chi connectivity index (χ0v) is 9.61. The first kappa shape index (κ1) is 9.70. The summed E-state index contributed by atoms with van der Waals surface area (Å²) in [5, 5.41) is 0. The molecule has 6 heteroatoms. The molecule has 0 N–H and O–H groups in total. The maximum Gasteiger partial charge on any atom is 0.248 e. The van der Waals surface area contributed by atoms with Crippen LogP contribution < -0.4 is 0 Å². The van der Waals surface area contributed by atoms with Crippen LogP contribution in [-0.2, 0) is 0 Å². The summed E-state index contributed by atoms with van der Waals surface area (Å²) in [6.45, 7) is 0. The Balaban J connectivity index is 2.12. The summed E-state index contributed by atoms with van der Waals surface area (Å²) in [7, 11) is 0. The Morgan fingerprint density at radius 1 is 1.54 bits per heavy atom. The van der Waals surface area contributed by atoms with Crippen molar-refractivity contribution in [1.82, 2.24) is 9.36 Å². The molecule has 1 unspecified atom stereocenters. The van der Waals surface area contributed by atoms with Crippen molar-refractivity contribution in [2.45, 2.75) is 31.1 Å². The van der Waals surface area contributed by atoms with Crippen LogP contribution in [0.3, 0.4) is 0 Å². The van der Waals surface area contributed by atoms with Gasteiger partial charge in [-0.1, -0.05) is 0 Å². The van der Waals surface area contributed by atoms with E-state index in [1.807, 2.05) is 0 Å². The number of hydrogen-bond donors (Lipinski definition) is 0. The average Bonchev–Trinajstić information content (AvgIpc) is 2.56. The number of aromatic nitrogens is 2. The van der Waals surface area contributed by atoms with Gasteiger partial charge < -0.3 is 0 Å². The van der Waals surface area contributed by atoms with Gasteiger partial charge in [0.25, 0.3) is 0 Å². The molecule has 1 aliphatic carbocycles. The summed E-state index contributed by atoms with van der Waals surface area (Å²) >= 11 is 3.33. The van der Waals surface area contributed by atoms with Gasteiger partial charge in [0.1, 0.15) is 5.82 Å². The van der Waals surface area contributed by atoms with E-state index in [0.29, 0.717) is 12.2 Å². The van der Waals surface area contributed by atoms with Crippen LogP contribution in [0.2, 0.25) is 0 Å². The van der Waals surface area contributed by atoms with Gasteiger partial charge in [-0.05, 0) is 40.5 Å². The fraction of sp³-hybridized carbons (Fsp3) is 0.714. The molecule has 0 radical (unpaired) electrons. The van der Waals surface area contributed by atoms with E-state index < -0.39 is 5.92 Å². The number of hydrogen-bond acceptors (Lipinski definition) is 3. The molecule has 0 saturated heterocycles. The van der Waals surface area contributed by atoms with Crippen molar-refractivity contribution in [2.75, 3.05) is 0 Å². The molecule has 1 fully saturated rings. The second-order valence-electron chi connectivity index (χ2n) is 3.20. The molecule has 2 nitrogen and oxygen atoms in total. The van der Waals surface area contributed by atoms with E-state index >= 15 is 0 Å². The van der Waals surface area contributed by atoms with E-state index in [-0.39, 0.29) is 18.8 Å². The Hall–Kier alpha value is 0.150. The van der Waals surface area contributed by atoms with Gasteiger partial charge in [0.2, 0.25) is 5.92 Å². The van der Waals surface area contributed by atoms with Crippen molar-refractivity contribution in [1.29, 1.82) is 0 Å². The molecule has 0 spiro atoms. The van der Waals surface area contributed by atoms with Gasteiger partial charge in [0.15, 0.2) is 3.01 Å². The first-order valence-corrected chi connectivity index (χ1v) is 5.79. The highest BCUT2D eigenvalue weighted by Crippen LogP contribution is 2.43. The molecule has 0 aromatic carbocycles. The van der Waals surface area contributed by atoms with Crippen molar-refractivity contribution >= 4 is 34.1 Å². The minimum absolute atomic E-state index is 0.0204. The zero-order valence-electron chi connectivity index (χ0n) is 6.64. The largest absolute Gasteiger partial charge is 0.248 e. The third-order valence-corrected chi connectivity index (χ3v) is 3.54. The van der Waals surface area contributed by atoms with Gasteiger partial charge in [-0.15, -0.1) is 0 Å². The van der Waals surface area contributed by atoms with Gasteiger partial charge in [-0.25, -0.2) is 13.8 Å². The van der Waals surface area contributed by atoms with Crippen LogP contribution in [0.1, 0.15) is 31.0 Å². The molecule has 1 saturated carbocycles. The molecule has 1 aromatic rings. The van der Waals surface area contributed by atoms with E-state index in [2.05, 4.69) is 31.9 Å². The second kappa shape index (κ2) is 3.38. The van der Waals surface area contributed by atoms with Crippen LogP contribution in [0.5, 0.6) is 0 Å². The molecule has 0 bridgehead atoms. The maximum atomic E-state index is 12.8. The van der Waals surface area contributed by atoms with E-state index in [0.717, 1.165) is 3.01 Å². The predicted molar refractivity (Wildman–Crippen MR) is 54.2 cm³/mol. The molecular weight excluding hydrogens is 309 g/mol. The first-order valence-electron chi connectivity index (χ1n) is 3.94. The number of alkyl halides is 2. The van der Waals surface area contributed by atoms with Gasteiger partial charge in [-0.2, -0.15) is 4.37 Å². The van der Waals surface area contributed by atoms with Gasteiger partial charge >= 0.3 is 0 Å². The standard InChI is InChI=1S/C7H7F2IN2S/c8-7(9)2-1-4(3-7)5-11-6(10)13-12-5/h4H,1-3H2. The third-order valence-electron chi connectivity index (χ3n) is 2.19. The Bertz CT molecular complexity index is 315. The summed E-state index contributed by atoms with van der Waals surface area (Å²) < 4.78 is 30.5. The van der Waals surface area contributed by atoms with Crippen molar-refractivity contribution < 1.29 is 8.78 Å². The third kappa shape index (κ3) is 2.15. The summed E-state index contributed by atoms with van der Waals surface area (Å²) in [5.41, 5.74) is 0. The molecule has 0 aliphatic heterocycles. The Morgan fingerprint density at radius 3 is 2.77 bits per heavy atom. The van der Waals surface area contributed by atoms with Crippen LogP contribution in [0.25, 0.3) is 0 Å². The molecule has 1 aliphatic rings. The van der Waals surface area contributed by atoms with Crippen LogP contribution in [0.4, 0.5) is 8.78 Å². The number of rotatable bonds is 1. The summed E-state index contributed by atoms with van der Waals surface area (Å²) in [6.07, 6.45) is 0.410. The monoisotopic (exact) mass is 316 g/mol. The smallest absolute Gasteiger partial charge is 0.213 e. The molecule has 0 amide bonds. The van der Waals surface area contributed by atoms with Crippen molar-refractivity contribution in [3.63, 3.8) is 0 Å². The lowest BCUT2D eigenvalue weighted by atomic mass is 10.1. The SMILES string of the molecule is FC1(F)CCC(c2nsc(I)n2)C1. The van der Waals surface area contributed by atoms with E-state index in [1.165, 1.54) is 11.5 Å². The Kier molecular flexibility index (Phi) is 2.52. The van der Waals surface area contributed by atoms with Crippen molar-refractivity contribution in [2.24, 2.45) is 0 Å². The minimum Gasteiger partial charge on any atom is -0.213 e. The van der Waals surface area contributed by atoms with Crippen molar-refractivity contribution in [3.8, 4) is 0 Å². The van der Waals surface area contributed by atoms with Crippen LogP contribution in [0, 0.1) is 3.01 Å². The highest BCUT2D eigenvalue weighted by Gasteiger charge is 2.41. The zero-order chi connectivity index (χ0) is 9.47. The Morgan fingerprint density at radius 2 is 2.31 bits per heavy atom. The van der Waals surface area contributed by atoms with Crippen LogP contribution in [0.15, 0.2) is 0 Å². The Labute approximate surface area is 92.1 Å². The summed E-state index contributed by atoms with van der Waals surface area (Å²) in [6, 6.07) is 0. The lowest BCUT2D eigenvalue weighted by Gasteiger charge is -2.06. The van der Waals surface area contributed by atoms with Gasteiger partial charge in [0, 0.05) is 18.8 Å². The lowest BCUT2D eigenvalue weighted by molar-refractivity contribution is 0.00756. The fourth-order valence-electron chi connectivity index (χ4n) is 1.55. The highest BCUT2D eigenvalue weighted by molar-refractivity contribution is 14.1. The van der Waals surface area contributed by atoms with Gasteiger partial charge in [-0.3, -0.25) is 0 Å². The maximum absolute atomic E-state index is 12.8.